The molecule has 0 aromatic heterocycles. The SMILES string of the molecule is NC(=O)N1CCCN(C(=O)/C=C/c2cccc(Cl)c2Cl)CC1. The van der Waals surface area contributed by atoms with Gasteiger partial charge in [0.15, 0.2) is 0 Å². The van der Waals surface area contributed by atoms with E-state index in [4.69, 9.17) is 28.9 Å². The summed E-state index contributed by atoms with van der Waals surface area (Å²) in [4.78, 5) is 26.6. The third-order valence-corrected chi connectivity index (χ3v) is 4.34. The van der Waals surface area contributed by atoms with E-state index >= 15 is 0 Å². The highest BCUT2D eigenvalue weighted by Crippen LogP contribution is 2.26. The number of benzene rings is 1. The highest BCUT2D eigenvalue weighted by Gasteiger charge is 2.19. The average Bonchev–Trinajstić information content (AvgIpc) is 2.74. The van der Waals surface area contributed by atoms with E-state index < -0.39 is 6.03 Å². The number of amides is 3. The third kappa shape index (κ3) is 4.15. The first kappa shape index (κ1) is 16.6. The number of nitrogens with two attached hydrogens (primary N) is 1. The molecule has 1 aliphatic heterocycles. The third-order valence-electron chi connectivity index (χ3n) is 3.51. The molecule has 0 aliphatic carbocycles. The molecule has 1 fully saturated rings. The van der Waals surface area contributed by atoms with Crippen LogP contribution in [0.25, 0.3) is 6.08 Å². The van der Waals surface area contributed by atoms with Gasteiger partial charge in [-0.2, -0.15) is 0 Å². The lowest BCUT2D eigenvalue weighted by Gasteiger charge is -2.19. The second kappa shape index (κ2) is 7.51. The summed E-state index contributed by atoms with van der Waals surface area (Å²) in [5.41, 5.74) is 5.96. The minimum Gasteiger partial charge on any atom is -0.351 e. The fraction of sp³-hybridized carbons (Fsp3) is 0.333. The van der Waals surface area contributed by atoms with Gasteiger partial charge in [0, 0.05) is 32.3 Å². The minimum absolute atomic E-state index is 0.123. The van der Waals surface area contributed by atoms with E-state index in [-0.39, 0.29) is 5.91 Å². The Morgan fingerprint density at radius 2 is 1.77 bits per heavy atom. The summed E-state index contributed by atoms with van der Waals surface area (Å²) in [6, 6.07) is 4.80. The number of carbonyl (C=O) groups excluding carboxylic acids is 2. The lowest BCUT2D eigenvalue weighted by molar-refractivity contribution is -0.125. The van der Waals surface area contributed by atoms with Crippen LogP contribution >= 0.6 is 23.2 Å². The Bertz CT molecular complexity index is 604. The van der Waals surface area contributed by atoms with Crippen molar-refractivity contribution in [3.63, 3.8) is 0 Å². The Labute approximate surface area is 139 Å². The van der Waals surface area contributed by atoms with Crippen molar-refractivity contribution in [3.8, 4) is 0 Å². The number of nitrogens with zero attached hydrogens (tertiary/aromatic N) is 2. The van der Waals surface area contributed by atoms with Crippen molar-refractivity contribution in [3.05, 3.63) is 39.9 Å². The van der Waals surface area contributed by atoms with Crippen molar-refractivity contribution in [2.45, 2.75) is 6.42 Å². The first-order valence-corrected chi connectivity index (χ1v) is 7.70. The van der Waals surface area contributed by atoms with E-state index in [0.29, 0.717) is 48.2 Å². The maximum absolute atomic E-state index is 12.2. The van der Waals surface area contributed by atoms with E-state index in [1.807, 2.05) is 0 Å². The van der Waals surface area contributed by atoms with Crippen LogP contribution in [0.15, 0.2) is 24.3 Å². The highest BCUT2D eigenvalue weighted by atomic mass is 35.5. The largest absolute Gasteiger partial charge is 0.351 e. The molecular formula is C15H17Cl2N3O2. The lowest BCUT2D eigenvalue weighted by atomic mass is 10.2. The second-order valence-electron chi connectivity index (χ2n) is 4.98. The van der Waals surface area contributed by atoms with E-state index in [0.717, 1.165) is 0 Å². The van der Waals surface area contributed by atoms with Crippen LogP contribution in [-0.4, -0.2) is 47.9 Å². The number of rotatable bonds is 2. The Morgan fingerprint density at radius 3 is 2.50 bits per heavy atom. The van der Waals surface area contributed by atoms with Gasteiger partial charge in [-0.1, -0.05) is 35.3 Å². The molecule has 2 N–H and O–H groups in total. The van der Waals surface area contributed by atoms with Crippen LogP contribution in [0.2, 0.25) is 10.0 Å². The molecule has 5 nitrogen and oxygen atoms in total. The molecule has 2 rings (SSSR count). The lowest BCUT2D eigenvalue weighted by Crippen LogP contribution is -2.39. The van der Waals surface area contributed by atoms with Gasteiger partial charge in [-0.3, -0.25) is 4.79 Å². The molecule has 7 heteroatoms. The van der Waals surface area contributed by atoms with Crippen LogP contribution < -0.4 is 5.73 Å². The second-order valence-corrected chi connectivity index (χ2v) is 5.77. The van der Waals surface area contributed by atoms with Crippen molar-refractivity contribution in [2.24, 2.45) is 5.73 Å². The molecule has 3 amide bonds. The van der Waals surface area contributed by atoms with Crippen LogP contribution in [0.4, 0.5) is 4.79 Å². The Kier molecular flexibility index (Phi) is 5.69. The monoisotopic (exact) mass is 341 g/mol. The molecule has 1 aromatic carbocycles. The predicted octanol–water partition coefficient (Wildman–Crippen LogP) is 2.62. The molecule has 1 aromatic rings. The molecule has 0 radical (unpaired) electrons. The zero-order valence-corrected chi connectivity index (χ0v) is 13.5. The van der Waals surface area contributed by atoms with Crippen LogP contribution in [-0.2, 0) is 4.79 Å². The van der Waals surface area contributed by atoms with E-state index in [1.54, 1.807) is 34.1 Å². The Hall–Kier alpha value is -1.72. The minimum atomic E-state index is -0.449. The molecule has 118 valence electrons. The molecule has 0 atom stereocenters. The summed E-state index contributed by atoms with van der Waals surface area (Å²) >= 11 is 12.0. The van der Waals surface area contributed by atoms with Gasteiger partial charge in [0.25, 0.3) is 0 Å². The van der Waals surface area contributed by atoms with Gasteiger partial charge in [0.2, 0.25) is 5.91 Å². The highest BCUT2D eigenvalue weighted by molar-refractivity contribution is 6.42. The molecule has 1 aliphatic rings. The van der Waals surface area contributed by atoms with E-state index in [2.05, 4.69) is 0 Å². The summed E-state index contributed by atoms with van der Waals surface area (Å²) in [5, 5.41) is 0.868. The summed E-state index contributed by atoms with van der Waals surface area (Å²) < 4.78 is 0. The van der Waals surface area contributed by atoms with Gasteiger partial charge < -0.3 is 15.5 Å². The topological polar surface area (TPSA) is 66.6 Å². The average molecular weight is 342 g/mol. The van der Waals surface area contributed by atoms with E-state index in [9.17, 15) is 9.59 Å². The van der Waals surface area contributed by atoms with Gasteiger partial charge in [-0.25, -0.2) is 4.79 Å². The standard InChI is InChI=1S/C15H17Cl2N3O2/c16-12-4-1-3-11(14(12)17)5-6-13(21)19-7-2-8-20(10-9-19)15(18)22/h1,3-6H,2,7-10H2,(H2,18,22)/b6-5+. The molecule has 1 saturated heterocycles. The number of carbonyl (C=O) groups is 2. The molecule has 0 unspecified atom stereocenters. The number of halogens is 2. The predicted molar refractivity (Wildman–Crippen MR) is 87.8 cm³/mol. The number of primary amides is 1. The van der Waals surface area contributed by atoms with Gasteiger partial charge in [-0.05, 0) is 24.1 Å². The molecule has 22 heavy (non-hydrogen) atoms. The number of urea groups is 1. The van der Waals surface area contributed by atoms with Crippen LogP contribution in [0.5, 0.6) is 0 Å². The van der Waals surface area contributed by atoms with Crippen molar-refractivity contribution in [1.82, 2.24) is 9.80 Å². The molecular weight excluding hydrogens is 325 g/mol. The van der Waals surface area contributed by atoms with Gasteiger partial charge in [0.05, 0.1) is 10.0 Å². The van der Waals surface area contributed by atoms with Gasteiger partial charge in [-0.15, -0.1) is 0 Å². The Balaban J connectivity index is 2.01. The molecule has 0 bridgehead atoms. The van der Waals surface area contributed by atoms with Gasteiger partial charge >= 0.3 is 6.03 Å². The summed E-state index contributed by atoms with van der Waals surface area (Å²) in [7, 11) is 0. The zero-order valence-electron chi connectivity index (χ0n) is 12.0. The summed E-state index contributed by atoms with van der Waals surface area (Å²) in [6.45, 7) is 2.08. The normalized spacial score (nSPS) is 15.9. The first-order chi connectivity index (χ1) is 10.5. The zero-order chi connectivity index (χ0) is 16.1. The maximum atomic E-state index is 12.2. The van der Waals surface area contributed by atoms with Crippen LogP contribution in [0.1, 0.15) is 12.0 Å². The first-order valence-electron chi connectivity index (χ1n) is 6.94. The molecule has 0 spiro atoms. The summed E-state index contributed by atoms with van der Waals surface area (Å²) in [5.74, 6) is -0.123. The quantitative estimate of drug-likeness (QED) is 0.840. The summed E-state index contributed by atoms with van der Waals surface area (Å²) in [6.07, 6.45) is 3.82. The smallest absolute Gasteiger partial charge is 0.314 e. The number of hydrogen-bond acceptors (Lipinski definition) is 2. The van der Waals surface area contributed by atoms with Crippen LogP contribution in [0.3, 0.4) is 0 Å². The van der Waals surface area contributed by atoms with Crippen molar-refractivity contribution in [1.29, 1.82) is 0 Å². The van der Waals surface area contributed by atoms with Crippen molar-refractivity contribution < 1.29 is 9.59 Å². The van der Waals surface area contributed by atoms with Crippen molar-refractivity contribution in [2.75, 3.05) is 26.2 Å². The number of hydrogen-bond donors (Lipinski definition) is 1. The maximum Gasteiger partial charge on any atom is 0.314 e. The Morgan fingerprint density at radius 1 is 1.09 bits per heavy atom. The van der Waals surface area contributed by atoms with Crippen LogP contribution in [0, 0.1) is 0 Å². The molecule has 0 saturated carbocycles. The van der Waals surface area contributed by atoms with E-state index in [1.165, 1.54) is 6.08 Å². The fourth-order valence-corrected chi connectivity index (χ4v) is 2.64. The van der Waals surface area contributed by atoms with Crippen molar-refractivity contribution >= 4 is 41.2 Å². The molecule has 1 heterocycles. The fourth-order valence-electron chi connectivity index (χ4n) is 2.27. The van der Waals surface area contributed by atoms with Gasteiger partial charge in [0.1, 0.15) is 0 Å².